The summed E-state index contributed by atoms with van der Waals surface area (Å²) in [7, 11) is 0. The Bertz CT molecular complexity index is 2360. The maximum Gasteiger partial charge on any atom is 0.252 e. The first-order valence-electron chi connectivity index (χ1n) is 14.0. The molecule has 0 fully saturated rings. The summed E-state index contributed by atoms with van der Waals surface area (Å²) in [6, 6.07) is 34.8. The molecule has 0 saturated carbocycles. The maximum atomic E-state index is 15.4. The van der Waals surface area contributed by atoms with Crippen LogP contribution in [0.5, 0.6) is 0 Å². The van der Waals surface area contributed by atoms with Gasteiger partial charge in [-0.2, -0.15) is 0 Å². The van der Waals surface area contributed by atoms with Gasteiger partial charge in [-0.05, 0) is 46.2 Å². The van der Waals surface area contributed by atoms with E-state index >= 15 is 8.78 Å². The lowest BCUT2D eigenvalue weighted by Gasteiger charge is -2.34. The smallest absolute Gasteiger partial charge is 0.252 e. The molecule has 4 heterocycles. The number of benzene rings is 6. The summed E-state index contributed by atoms with van der Waals surface area (Å²) in [6.45, 7) is -0.0759. The molecule has 0 bridgehead atoms. The first-order valence-corrected chi connectivity index (χ1v) is 14.0. The van der Waals surface area contributed by atoms with Crippen LogP contribution < -0.4 is 16.4 Å². The van der Waals surface area contributed by atoms with E-state index in [0.717, 1.165) is 72.6 Å². The van der Waals surface area contributed by atoms with Crippen LogP contribution in [0.4, 0.5) is 13.2 Å². The number of rotatable bonds is 1. The molecule has 2 aliphatic heterocycles. The molecule has 6 heteroatoms. The predicted molar refractivity (Wildman–Crippen MR) is 165 cm³/mol. The third-order valence-corrected chi connectivity index (χ3v) is 9.28. The SMILES string of the molecule is Fc1cc(F)c(-c2cc3c4c(c2)-n2c5ccccc5c5cccc(c52)B4c2cccc4c5ccccc5n-3c24)c(F)c1. The zero-order valence-electron chi connectivity index (χ0n) is 22.0. The number of aromatic nitrogens is 2. The fraction of sp³-hybridized carbons (Fsp3) is 0. The highest BCUT2D eigenvalue weighted by molar-refractivity contribution is 7.00. The van der Waals surface area contributed by atoms with Gasteiger partial charge in [-0.25, -0.2) is 13.2 Å². The number of nitrogens with zero attached hydrogens (tertiary/aromatic N) is 2. The monoisotopic (exact) mass is 546 g/mol. The number of halogens is 3. The molecular formula is C36H18BF3N2. The van der Waals surface area contributed by atoms with E-state index < -0.39 is 17.5 Å². The van der Waals surface area contributed by atoms with Crippen molar-refractivity contribution in [3.63, 3.8) is 0 Å². The molecule has 0 aliphatic carbocycles. The zero-order valence-corrected chi connectivity index (χ0v) is 22.0. The minimum Gasteiger partial charge on any atom is -0.310 e. The Labute approximate surface area is 237 Å². The van der Waals surface area contributed by atoms with E-state index in [2.05, 4.69) is 69.8 Å². The number of para-hydroxylation sites is 4. The summed E-state index contributed by atoms with van der Waals surface area (Å²) in [6.07, 6.45) is 0. The van der Waals surface area contributed by atoms with Crippen molar-refractivity contribution >= 4 is 66.7 Å². The lowest BCUT2D eigenvalue weighted by atomic mass is 9.34. The Morgan fingerprint density at radius 3 is 1.50 bits per heavy atom. The zero-order chi connectivity index (χ0) is 27.9. The van der Waals surface area contributed by atoms with Gasteiger partial charge in [0.2, 0.25) is 0 Å². The van der Waals surface area contributed by atoms with Gasteiger partial charge in [-0.15, -0.1) is 0 Å². The van der Waals surface area contributed by atoms with Crippen molar-refractivity contribution in [3.05, 3.63) is 127 Å². The van der Waals surface area contributed by atoms with E-state index in [1.165, 1.54) is 10.9 Å². The van der Waals surface area contributed by atoms with Gasteiger partial charge in [0.05, 0.1) is 16.6 Å². The molecule has 0 amide bonds. The van der Waals surface area contributed by atoms with Gasteiger partial charge >= 0.3 is 0 Å². The highest BCUT2D eigenvalue weighted by Gasteiger charge is 2.41. The molecule has 0 saturated heterocycles. The Balaban J connectivity index is 1.48. The molecule has 6 aromatic carbocycles. The quantitative estimate of drug-likeness (QED) is 0.194. The molecule has 0 N–H and O–H groups in total. The molecule has 0 atom stereocenters. The molecule has 0 radical (unpaired) electrons. The minimum atomic E-state index is -0.938. The molecule has 0 unspecified atom stereocenters. The predicted octanol–water partition coefficient (Wildman–Crippen LogP) is 7.11. The van der Waals surface area contributed by atoms with Crippen molar-refractivity contribution < 1.29 is 13.2 Å². The fourth-order valence-corrected chi connectivity index (χ4v) is 7.79. The van der Waals surface area contributed by atoms with Crippen LogP contribution in [0.2, 0.25) is 0 Å². The summed E-state index contributed by atoms with van der Waals surface area (Å²) >= 11 is 0. The van der Waals surface area contributed by atoms with E-state index in [9.17, 15) is 4.39 Å². The second-order valence-electron chi connectivity index (χ2n) is 11.3. The average molecular weight is 546 g/mol. The Kier molecular flexibility index (Phi) is 4.03. The van der Waals surface area contributed by atoms with Crippen LogP contribution in [0.3, 0.4) is 0 Å². The third kappa shape index (κ3) is 2.55. The van der Waals surface area contributed by atoms with Crippen LogP contribution in [0.15, 0.2) is 109 Å². The summed E-state index contributed by atoms with van der Waals surface area (Å²) < 4.78 is 49.3. The topological polar surface area (TPSA) is 9.86 Å². The van der Waals surface area contributed by atoms with Gasteiger partial charge in [0.25, 0.3) is 6.71 Å². The molecule has 196 valence electrons. The van der Waals surface area contributed by atoms with Crippen LogP contribution in [-0.2, 0) is 0 Å². The molecule has 2 aliphatic rings. The summed E-state index contributed by atoms with van der Waals surface area (Å²) in [5.41, 5.74) is 9.63. The van der Waals surface area contributed by atoms with E-state index in [-0.39, 0.29) is 12.3 Å². The number of hydrogen-bond acceptors (Lipinski definition) is 0. The van der Waals surface area contributed by atoms with Crippen molar-refractivity contribution in [2.24, 2.45) is 0 Å². The van der Waals surface area contributed by atoms with Crippen molar-refractivity contribution in [2.75, 3.05) is 0 Å². The highest BCUT2D eigenvalue weighted by Crippen LogP contribution is 2.41. The van der Waals surface area contributed by atoms with E-state index in [1.54, 1.807) is 0 Å². The maximum absolute atomic E-state index is 15.4. The first kappa shape index (κ1) is 22.5. The van der Waals surface area contributed by atoms with Crippen LogP contribution in [0, 0.1) is 17.5 Å². The Hall–Kier alpha value is -5.23. The molecule has 0 spiro atoms. The van der Waals surface area contributed by atoms with E-state index in [1.807, 2.05) is 36.4 Å². The van der Waals surface area contributed by atoms with Crippen LogP contribution in [-0.4, -0.2) is 15.8 Å². The third-order valence-electron chi connectivity index (χ3n) is 9.28. The Morgan fingerprint density at radius 1 is 0.500 bits per heavy atom. The molecule has 2 aromatic heterocycles. The van der Waals surface area contributed by atoms with Crippen molar-refractivity contribution in [3.8, 4) is 22.5 Å². The number of fused-ring (bicyclic) bond motifs is 10. The van der Waals surface area contributed by atoms with Crippen molar-refractivity contribution in [1.82, 2.24) is 9.13 Å². The standard InChI is InChI=1S/C36H18BF3N2/c38-20-17-27(39)33(28(40)18-20)19-15-31-34-32(16-19)42-30-14-4-2-8-22(30)24-10-6-12-26(36(24)42)37(34)25-11-5-9-23-21-7-1-3-13-29(21)41(31)35(23)25/h1-18H. The van der Waals surface area contributed by atoms with Gasteiger partial charge < -0.3 is 9.13 Å². The van der Waals surface area contributed by atoms with E-state index in [4.69, 9.17) is 0 Å². The van der Waals surface area contributed by atoms with Crippen molar-refractivity contribution in [1.29, 1.82) is 0 Å². The summed E-state index contributed by atoms with van der Waals surface area (Å²) in [5.74, 6) is -2.78. The van der Waals surface area contributed by atoms with Gasteiger partial charge in [0.15, 0.2) is 0 Å². The molecule has 42 heavy (non-hydrogen) atoms. The van der Waals surface area contributed by atoms with Gasteiger partial charge in [-0.3, -0.25) is 0 Å². The first-order chi connectivity index (χ1) is 20.6. The molecule has 8 aromatic rings. The van der Waals surface area contributed by atoms with Crippen LogP contribution in [0.25, 0.3) is 66.1 Å². The van der Waals surface area contributed by atoms with Crippen molar-refractivity contribution in [2.45, 2.75) is 0 Å². The van der Waals surface area contributed by atoms with Gasteiger partial charge in [0.1, 0.15) is 17.5 Å². The Morgan fingerprint density at radius 2 is 0.976 bits per heavy atom. The lowest BCUT2D eigenvalue weighted by molar-refractivity contribution is 0.548. The second kappa shape index (κ2) is 7.53. The van der Waals surface area contributed by atoms with Gasteiger partial charge in [0, 0.05) is 56.1 Å². The average Bonchev–Trinajstić information content (AvgIpc) is 3.52. The lowest BCUT2D eigenvalue weighted by Crippen LogP contribution is -2.59. The highest BCUT2D eigenvalue weighted by atomic mass is 19.1. The van der Waals surface area contributed by atoms with Crippen LogP contribution >= 0.6 is 0 Å². The van der Waals surface area contributed by atoms with Gasteiger partial charge in [-0.1, -0.05) is 72.8 Å². The summed E-state index contributed by atoms with van der Waals surface area (Å²) in [4.78, 5) is 0. The second-order valence-corrected chi connectivity index (χ2v) is 11.3. The minimum absolute atomic E-state index is 0.0759. The summed E-state index contributed by atoms with van der Waals surface area (Å²) in [5, 5.41) is 4.51. The molecular weight excluding hydrogens is 528 g/mol. The van der Waals surface area contributed by atoms with Crippen LogP contribution in [0.1, 0.15) is 0 Å². The van der Waals surface area contributed by atoms with E-state index in [0.29, 0.717) is 5.56 Å². The largest absolute Gasteiger partial charge is 0.310 e. The molecule has 2 nitrogen and oxygen atoms in total. The molecule has 10 rings (SSSR count). The fourth-order valence-electron chi connectivity index (χ4n) is 7.79. The normalized spacial score (nSPS) is 13.1. The number of hydrogen-bond donors (Lipinski definition) is 0.